The Morgan fingerprint density at radius 1 is 1.19 bits per heavy atom. The summed E-state index contributed by atoms with van der Waals surface area (Å²) in [5, 5.41) is 11.8. The lowest BCUT2D eigenvalue weighted by Gasteiger charge is -2.34. The third kappa shape index (κ3) is 3.03. The zero-order valence-corrected chi connectivity index (χ0v) is 18.1. The van der Waals surface area contributed by atoms with Gasteiger partial charge in [0.2, 0.25) is 0 Å². The number of urea groups is 2. The quantitative estimate of drug-likeness (QED) is 0.476. The van der Waals surface area contributed by atoms with Crippen molar-refractivity contribution in [3.05, 3.63) is 57.4 Å². The molecule has 2 aromatic carbocycles. The van der Waals surface area contributed by atoms with E-state index in [1.165, 1.54) is 24.3 Å². The largest absolute Gasteiger partial charge is 0.332 e. The highest BCUT2D eigenvalue weighted by molar-refractivity contribution is 14.1. The minimum atomic E-state index is -0.737. The number of piperazine rings is 1. The molecule has 5 rings (SSSR count). The van der Waals surface area contributed by atoms with Crippen molar-refractivity contribution in [1.29, 1.82) is 5.26 Å². The molecule has 0 aliphatic carbocycles. The fourth-order valence-corrected chi connectivity index (χ4v) is 5.21. The Bertz CT molecular complexity index is 1160. The molecule has 3 atom stereocenters. The van der Waals surface area contributed by atoms with Gasteiger partial charge in [0.25, 0.3) is 5.91 Å². The van der Waals surface area contributed by atoms with Crippen LogP contribution in [0.25, 0.3) is 0 Å². The predicted molar refractivity (Wildman–Crippen MR) is 117 cm³/mol. The van der Waals surface area contributed by atoms with Crippen molar-refractivity contribution in [3.63, 3.8) is 0 Å². The highest BCUT2D eigenvalue weighted by atomic mass is 127. The first-order valence-corrected chi connectivity index (χ1v) is 10.7. The SMILES string of the molecule is N#Cc1ccc(N2C(=O)[C@H]3[C@@H]4C[C@@H](CN4C(=O)Nc4ccc(F)cc4)N3C2=O)cc1I. The van der Waals surface area contributed by atoms with Gasteiger partial charge in [0, 0.05) is 15.8 Å². The number of hydrogen-bond donors (Lipinski definition) is 1. The zero-order valence-electron chi connectivity index (χ0n) is 16.0. The number of imide groups is 1. The van der Waals surface area contributed by atoms with E-state index >= 15 is 0 Å². The molecule has 8 nitrogen and oxygen atoms in total. The zero-order chi connectivity index (χ0) is 21.9. The molecule has 0 spiro atoms. The molecule has 156 valence electrons. The van der Waals surface area contributed by atoms with Crippen molar-refractivity contribution in [2.45, 2.75) is 24.5 Å². The number of benzene rings is 2. The Kier molecular flexibility index (Phi) is 4.58. The Morgan fingerprint density at radius 2 is 1.94 bits per heavy atom. The number of rotatable bonds is 2. The van der Waals surface area contributed by atoms with Crippen molar-refractivity contribution in [3.8, 4) is 6.07 Å². The number of amides is 5. The predicted octanol–water partition coefficient (Wildman–Crippen LogP) is 3.13. The molecule has 3 heterocycles. The van der Waals surface area contributed by atoms with E-state index in [9.17, 15) is 18.8 Å². The van der Waals surface area contributed by atoms with Crippen LogP contribution in [0.4, 0.5) is 25.4 Å². The van der Waals surface area contributed by atoms with Gasteiger partial charge in [-0.3, -0.25) is 4.79 Å². The number of nitrogens with one attached hydrogen (secondary N) is 1. The van der Waals surface area contributed by atoms with E-state index < -0.39 is 23.9 Å². The van der Waals surface area contributed by atoms with Crippen molar-refractivity contribution < 1.29 is 18.8 Å². The number of nitriles is 1. The molecule has 3 fully saturated rings. The van der Waals surface area contributed by atoms with Crippen LogP contribution in [0.5, 0.6) is 0 Å². The molecule has 31 heavy (non-hydrogen) atoms. The molecule has 3 saturated heterocycles. The summed E-state index contributed by atoms with van der Waals surface area (Å²) in [6.45, 7) is 0.325. The molecule has 0 saturated carbocycles. The Labute approximate surface area is 190 Å². The average molecular weight is 531 g/mol. The third-order valence-electron chi connectivity index (χ3n) is 5.95. The van der Waals surface area contributed by atoms with Crippen molar-refractivity contribution >= 4 is 51.9 Å². The van der Waals surface area contributed by atoms with Crippen LogP contribution in [-0.2, 0) is 4.79 Å². The highest BCUT2D eigenvalue weighted by Crippen LogP contribution is 2.42. The lowest BCUT2D eigenvalue weighted by molar-refractivity contribution is -0.120. The molecule has 3 aliphatic heterocycles. The summed E-state index contributed by atoms with van der Waals surface area (Å²) in [5.41, 5.74) is 1.33. The van der Waals surface area contributed by atoms with Gasteiger partial charge in [-0.25, -0.2) is 18.9 Å². The second-order valence-corrected chi connectivity index (χ2v) is 8.79. The Hall–Kier alpha value is -3.20. The maximum Gasteiger partial charge on any atom is 0.332 e. The topological polar surface area (TPSA) is 96.8 Å². The van der Waals surface area contributed by atoms with Crippen LogP contribution in [-0.4, -0.2) is 52.4 Å². The van der Waals surface area contributed by atoms with E-state index in [2.05, 4.69) is 11.4 Å². The number of likely N-dealkylation sites (tertiary alicyclic amines) is 1. The summed E-state index contributed by atoms with van der Waals surface area (Å²) >= 11 is 2.00. The molecular formula is C21H15FIN5O3. The minimum absolute atomic E-state index is 0.243. The molecular weight excluding hydrogens is 516 g/mol. The summed E-state index contributed by atoms with van der Waals surface area (Å²) in [6, 6.07) is 10.1. The standard InChI is InChI=1S/C21H15FIN5O3/c22-12-2-4-13(5-3-12)25-20(30)26-10-15-8-17(26)18-19(29)28(21(31)27(15)18)14-6-1-11(9-24)16(23)7-14/h1-7,15,17-18H,8,10H2,(H,25,30)/t15-,17-,18+/m0/s1. The average Bonchev–Trinajstić information content (AvgIpc) is 3.41. The summed E-state index contributed by atoms with van der Waals surface area (Å²) in [7, 11) is 0. The Morgan fingerprint density at radius 3 is 2.61 bits per heavy atom. The summed E-state index contributed by atoms with van der Waals surface area (Å²) in [5.74, 6) is -0.779. The lowest BCUT2D eigenvalue weighted by Crippen LogP contribution is -2.55. The van der Waals surface area contributed by atoms with Gasteiger partial charge in [-0.2, -0.15) is 5.26 Å². The van der Waals surface area contributed by atoms with Crippen molar-refractivity contribution in [2.75, 3.05) is 16.8 Å². The molecule has 3 aliphatic rings. The van der Waals surface area contributed by atoms with E-state index in [-0.39, 0.29) is 18.0 Å². The van der Waals surface area contributed by atoms with Gasteiger partial charge < -0.3 is 15.1 Å². The maximum atomic E-state index is 13.2. The van der Waals surface area contributed by atoms with Gasteiger partial charge >= 0.3 is 12.1 Å². The fourth-order valence-electron chi connectivity index (χ4n) is 4.59. The van der Waals surface area contributed by atoms with Crippen LogP contribution >= 0.6 is 22.6 Å². The number of carbonyl (C=O) groups is 3. The number of anilines is 2. The maximum absolute atomic E-state index is 13.2. The number of halogens is 2. The highest BCUT2D eigenvalue weighted by Gasteiger charge is 2.63. The fraction of sp³-hybridized carbons (Fsp3) is 0.238. The van der Waals surface area contributed by atoms with Gasteiger partial charge in [-0.1, -0.05) is 0 Å². The molecule has 2 bridgehead atoms. The Balaban J connectivity index is 1.38. The monoisotopic (exact) mass is 531 g/mol. The molecule has 0 radical (unpaired) electrons. The first-order valence-electron chi connectivity index (χ1n) is 9.58. The first kappa shape index (κ1) is 19.7. The molecule has 0 aromatic heterocycles. The molecule has 10 heteroatoms. The van der Waals surface area contributed by atoms with Gasteiger partial charge in [0.1, 0.15) is 17.9 Å². The van der Waals surface area contributed by atoms with Gasteiger partial charge in [-0.05, 0) is 71.5 Å². The number of carbonyl (C=O) groups excluding carboxylic acids is 3. The van der Waals surface area contributed by atoms with E-state index in [1.54, 1.807) is 28.0 Å². The van der Waals surface area contributed by atoms with E-state index in [0.29, 0.717) is 33.5 Å². The van der Waals surface area contributed by atoms with Gasteiger partial charge in [0.05, 0.1) is 23.3 Å². The van der Waals surface area contributed by atoms with Crippen LogP contribution in [0.2, 0.25) is 0 Å². The van der Waals surface area contributed by atoms with E-state index in [0.717, 1.165) is 4.90 Å². The van der Waals surface area contributed by atoms with Gasteiger partial charge in [-0.15, -0.1) is 0 Å². The molecule has 2 aromatic rings. The van der Waals surface area contributed by atoms with Gasteiger partial charge in [0.15, 0.2) is 0 Å². The number of fused-ring (bicyclic) bond motifs is 5. The van der Waals surface area contributed by atoms with Crippen LogP contribution in [0.3, 0.4) is 0 Å². The van der Waals surface area contributed by atoms with E-state index in [4.69, 9.17) is 5.26 Å². The molecule has 0 unspecified atom stereocenters. The second kappa shape index (κ2) is 7.19. The summed E-state index contributed by atoms with van der Waals surface area (Å²) in [6.07, 6.45) is 0.539. The minimum Gasteiger partial charge on any atom is -0.317 e. The third-order valence-corrected chi connectivity index (χ3v) is 6.84. The first-order chi connectivity index (χ1) is 14.9. The van der Waals surface area contributed by atoms with Crippen molar-refractivity contribution in [2.24, 2.45) is 0 Å². The van der Waals surface area contributed by atoms with Crippen LogP contribution in [0.15, 0.2) is 42.5 Å². The number of nitrogens with zero attached hydrogens (tertiary/aromatic N) is 4. The number of hydrogen-bond acceptors (Lipinski definition) is 4. The van der Waals surface area contributed by atoms with Crippen molar-refractivity contribution in [1.82, 2.24) is 9.80 Å². The normalized spacial score (nSPS) is 23.9. The van der Waals surface area contributed by atoms with E-state index in [1.807, 2.05) is 22.6 Å². The van der Waals surface area contributed by atoms with Crippen LogP contribution < -0.4 is 10.2 Å². The van der Waals surface area contributed by atoms with Crippen LogP contribution in [0, 0.1) is 20.7 Å². The summed E-state index contributed by atoms with van der Waals surface area (Å²) < 4.78 is 13.7. The van der Waals surface area contributed by atoms with Crippen LogP contribution in [0.1, 0.15) is 12.0 Å². The molecule has 5 amide bonds. The molecule has 1 N–H and O–H groups in total. The second-order valence-electron chi connectivity index (χ2n) is 7.63. The summed E-state index contributed by atoms with van der Waals surface area (Å²) in [4.78, 5) is 43.3. The lowest BCUT2D eigenvalue weighted by atomic mass is 10.1. The smallest absolute Gasteiger partial charge is 0.317 e.